The summed E-state index contributed by atoms with van der Waals surface area (Å²) >= 11 is 4.18. The average molecular weight is 397 g/mol. The first kappa shape index (κ1) is 19.5. The Labute approximate surface area is 167 Å². The van der Waals surface area contributed by atoms with Gasteiger partial charge in [-0.25, -0.2) is 9.10 Å². The number of carbonyl (C=O) groups excluding carboxylic acids is 2. The van der Waals surface area contributed by atoms with Crippen LogP contribution in [-0.2, 0) is 0 Å². The lowest BCUT2D eigenvalue weighted by molar-refractivity contribution is 0.0957. The molecule has 0 radical (unpaired) electrons. The Morgan fingerprint density at radius 1 is 1.14 bits per heavy atom. The lowest BCUT2D eigenvalue weighted by atomic mass is 10.1. The van der Waals surface area contributed by atoms with E-state index in [2.05, 4.69) is 23.3 Å². The van der Waals surface area contributed by atoms with Crippen LogP contribution in [0, 0.1) is 6.92 Å². The topological polar surface area (TPSA) is 84.7 Å². The van der Waals surface area contributed by atoms with Gasteiger partial charge in [-0.15, -0.1) is 0 Å². The van der Waals surface area contributed by atoms with Gasteiger partial charge in [0, 0.05) is 12.1 Å². The third kappa shape index (κ3) is 4.72. The number of carbonyl (C=O) groups is 2. The second-order valence-electron chi connectivity index (χ2n) is 6.06. The molecule has 2 aromatic carbocycles. The Kier molecular flexibility index (Phi) is 6.00. The minimum absolute atomic E-state index is 0.0151. The first-order valence-corrected chi connectivity index (χ1v) is 8.93. The van der Waals surface area contributed by atoms with Gasteiger partial charge in [-0.2, -0.15) is 0 Å². The third-order valence-corrected chi connectivity index (χ3v) is 4.33. The minimum Gasteiger partial charge on any atom is -0.486 e. The molecular formula is C20H19N3O4S. The van der Waals surface area contributed by atoms with Crippen molar-refractivity contribution in [2.24, 2.45) is 0 Å². The maximum atomic E-state index is 12.3. The predicted octanol–water partition coefficient (Wildman–Crippen LogP) is 4.32. The smallest absolute Gasteiger partial charge is 0.338 e. The van der Waals surface area contributed by atoms with Crippen molar-refractivity contribution in [3.05, 3.63) is 77.7 Å². The standard InChI is InChI=1S/C20H19N3O4S/c1-13-11-18(22-27-13)19(24)21-20(25)23(28)16-9-6-10-17(12-16)26-14(2)15-7-4-3-5-8-15/h3-12,14,28H,1-2H3,(H,21,24,25)/t14-/m0/s1. The molecule has 0 unspecified atom stereocenters. The maximum absolute atomic E-state index is 12.3. The second-order valence-corrected chi connectivity index (χ2v) is 6.46. The van der Waals surface area contributed by atoms with Crippen LogP contribution in [0.3, 0.4) is 0 Å². The molecule has 0 bridgehead atoms. The van der Waals surface area contributed by atoms with Gasteiger partial charge >= 0.3 is 6.03 Å². The fraction of sp³-hybridized carbons (Fsp3) is 0.150. The molecule has 3 rings (SSSR count). The number of nitrogens with zero attached hydrogens (tertiary/aromatic N) is 2. The number of thiol groups is 1. The highest BCUT2D eigenvalue weighted by Crippen LogP contribution is 2.26. The van der Waals surface area contributed by atoms with Gasteiger partial charge in [-0.05, 0) is 31.5 Å². The number of rotatable bonds is 5. The summed E-state index contributed by atoms with van der Waals surface area (Å²) < 4.78 is 11.8. The molecule has 28 heavy (non-hydrogen) atoms. The third-order valence-electron chi connectivity index (χ3n) is 3.92. The van der Waals surface area contributed by atoms with Crippen LogP contribution in [-0.4, -0.2) is 17.1 Å². The molecule has 0 aliphatic heterocycles. The molecule has 0 aliphatic rings. The van der Waals surface area contributed by atoms with Crippen molar-refractivity contribution in [1.29, 1.82) is 0 Å². The molecule has 3 aromatic rings. The van der Waals surface area contributed by atoms with E-state index in [1.165, 1.54) is 6.07 Å². The summed E-state index contributed by atoms with van der Waals surface area (Å²) in [4.78, 5) is 24.3. The van der Waals surface area contributed by atoms with Crippen molar-refractivity contribution in [1.82, 2.24) is 10.5 Å². The SMILES string of the molecule is Cc1cc(C(=O)NC(=O)N(S)c2cccc(O[C@@H](C)c3ccccc3)c2)no1. The number of urea groups is 1. The highest BCUT2D eigenvalue weighted by Gasteiger charge is 2.19. The molecular weight excluding hydrogens is 378 g/mol. The molecule has 1 heterocycles. The van der Waals surface area contributed by atoms with Gasteiger partial charge in [0.1, 0.15) is 17.6 Å². The second kappa shape index (κ2) is 8.62. The number of ether oxygens (including phenoxy) is 1. The monoisotopic (exact) mass is 397 g/mol. The van der Waals surface area contributed by atoms with E-state index >= 15 is 0 Å². The number of imide groups is 1. The molecule has 0 fully saturated rings. The van der Waals surface area contributed by atoms with Crippen LogP contribution >= 0.6 is 12.8 Å². The summed E-state index contributed by atoms with van der Waals surface area (Å²) in [6.07, 6.45) is -0.171. The maximum Gasteiger partial charge on any atom is 0.338 e. The summed E-state index contributed by atoms with van der Waals surface area (Å²) in [5.41, 5.74) is 1.49. The Hall–Kier alpha value is -3.26. The molecule has 1 aromatic heterocycles. The van der Waals surface area contributed by atoms with E-state index in [9.17, 15) is 9.59 Å². The number of aryl methyl sites for hydroxylation is 1. The van der Waals surface area contributed by atoms with Gasteiger partial charge in [0.2, 0.25) is 0 Å². The van der Waals surface area contributed by atoms with Gasteiger partial charge in [0.15, 0.2) is 5.69 Å². The summed E-state index contributed by atoms with van der Waals surface area (Å²) in [5.74, 6) is 0.364. The molecule has 7 nitrogen and oxygen atoms in total. The fourth-order valence-corrected chi connectivity index (χ4v) is 2.66. The lowest BCUT2D eigenvalue weighted by Gasteiger charge is -2.19. The first-order chi connectivity index (χ1) is 13.4. The molecule has 0 saturated heterocycles. The van der Waals surface area contributed by atoms with Crippen molar-refractivity contribution in [2.75, 3.05) is 4.31 Å². The van der Waals surface area contributed by atoms with Crippen LogP contribution in [0.4, 0.5) is 10.5 Å². The first-order valence-electron chi connectivity index (χ1n) is 8.53. The number of benzene rings is 2. The zero-order valence-corrected chi connectivity index (χ0v) is 16.2. The van der Waals surface area contributed by atoms with E-state index in [1.807, 2.05) is 37.3 Å². The Bertz CT molecular complexity index is 974. The Morgan fingerprint density at radius 3 is 2.57 bits per heavy atom. The van der Waals surface area contributed by atoms with E-state index < -0.39 is 11.9 Å². The molecule has 1 atom stereocenters. The Morgan fingerprint density at radius 2 is 1.89 bits per heavy atom. The van der Waals surface area contributed by atoms with Gasteiger partial charge < -0.3 is 9.26 Å². The van der Waals surface area contributed by atoms with Crippen molar-refractivity contribution in [2.45, 2.75) is 20.0 Å². The minimum atomic E-state index is -0.720. The van der Waals surface area contributed by atoms with E-state index in [-0.39, 0.29) is 11.8 Å². The summed E-state index contributed by atoms with van der Waals surface area (Å²) in [7, 11) is 0. The Balaban J connectivity index is 1.66. The van der Waals surface area contributed by atoms with Gasteiger partial charge in [0.05, 0.1) is 5.69 Å². The summed E-state index contributed by atoms with van der Waals surface area (Å²) in [5, 5.41) is 5.78. The summed E-state index contributed by atoms with van der Waals surface area (Å²) in [6.45, 7) is 3.59. The largest absolute Gasteiger partial charge is 0.486 e. The summed E-state index contributed by atoms with van der Waals surface area (Å²) in [6, 6.07) is 17.4. The van der Waals surface area contributed by atoms with Crippen LogP contribution in [0.25, 0.3) is 0 Å². The van der Waals surface area contributed by atoms with Crippen LogP contribution in [0.15, 0.2) is 65.2 Å². The molecule has 0 aliphatic carbocycles. The molecule has 8 heteroatoms. The highest BCUT2D eigenvalue weighted by atomic mass is 32.1. The number of hydrogen-bond donors (Lipinski definition) is 2. The lowest BCUT2D eigenvalue weighted by Crippen LogP contribution is -2.38. The zero-order valence-electron chi connectivity index (χ0n) is 15.3. The van der Waals surface area contributed by atoms with Crippen LogP contribution in [0.2, 0.25) is 0 Å². The number of anilines is 1. The number of aromatic nitrogens is 1. The van der Waals surface area contributed by atoms with Gasteiger partial charge in [-0.1, -0.05) is 54.4 Å². The molecule has 144 valence electrons. The molecule has 1 N–H and O–H groups in total. The van der Waals surface area contributed by atoms with Gasteiger partial charge in [-0.3, -0.25) is 10.1 Å². The molecule has 0 spiro atoms. The molecule has 3 amide bonds. The van der Waals surface area contributed by atoms with Crippen molar-refractivity contribution in [3.63, 3.8) is 0 Å². The number of nitrogens with one attached hydrogen (secondary N) is 1. The highest BCUT2D eigenvalue weighted by molar-refractivity contribution is 7.82. The van der Waals surface area contributed by atoms with E-state index in [1.54, 1.807) is 31.2 Å². The fourth-order valence-electron chi connectivity index (χ4n) is 2.49. The van der Waals surface area contributed by atoms with Crippen LogP contribution in [0.5, 0.6) is 5.75 Å². The average Bonchev–Trinajstić information content (AvgIpc) is 3.14. The van der Waals surface area contributed by atoms with Crippen molar-refractivity contribution < 1.29 is 18.8 Å². The van der Waals surface area contributed by atoms with Crippen LogP contribution < -0.4 is 14.4 Å². The van der Waals surface area contributed by atoms with Gasteiger partial charge in [0.25, 0.3) is 5.91 Å². The van der Waals surface area contributed by atoms with E-state index in [0.29, 0.717) is 17.2 Å². The van der Waals surface area contributed by atoms with Crippen LogP contribution in [0.1, 0.15) is 34.8 Å². The normalized spacial score (nSPS) is 11.5. The predicted molar refractivity (Wildman–Crippen MR) is 107 cm³/mol. The van der Waals surface area contributed by atoms with E-state index in [4.69, 9.17) is 9.26 Å². The van der Waals surface area contributed by atoms with Crippen molar-refractivity contribution in [3.8, 4) is 5.75 Å². The zero-order chi connectivity index (χ0) is 20.1. The molecule has 0 saturated carbocycles. The van der Waals surface area contributed by atoms with Crippen molar-refractivity contribution >= 4 is 30.4 Å². The van der Waals surface area contributed by atoms with E-state index in [0.717, 1.165) is 9.87 Å². The number of amides is 3. The number of hydrogen-bond acceptors (Lipinski definition) is 6. The quantitative estimate of drug-likeness (QED) is 0.626.